The van der Waals surface area contributed by atoms with Gasteiger partial charge >= 0.3 is 11.9 Å². The van der Waals surface area contributed by atoms with Crippen molar-refractivity contribution in [3.05, 3.63) is 168 Å². The zero-order valence-corrected chi connectivity index (χ0v) is 61.7. The Morgan fingerprint density at radius 3 is 1.22 bits per heavy atom. The Hall–Kier alpha value is -11.5. The summed E-state index contributed by atoms with van der Waals surface area (Å²) in [5, 5.41) is 61.3. The maximum atomic E-state index is 15.1. The second-order valence-corrected chi connectivity index (χ2v) is 27.7. The number of carbonyl (C=O) groups is 10. The number of nitrogens with zero attached hydrogens (tertiary/aromatic N) is 8. The van der Waals surface area contributed by atoms with Gasteiger partial charge < -0.3 is 81.5 Å². The Balaban J connectivity index is 1.05. The van der Waals surface area contributed by atoms with E-state index in [1.807, 2.05) is 0 Å². The molecule has 8 heterocycles. The molecule has 4 aromatic carbocycles. The van der Waals surface area contributed by atoms with Gasteiger partial charge in [0.05, 0.1) is 36.6 Å². The van der Waals surface area contributed by atoms with Crippen molar-refractivity contribution in [2.24, 2.45) is 11.8 Å². The number of likely N-dealkylation sites (tertiary alicyclic amines) is 2. The van der Waals surface area contributed by atoms with E-state index in [1.54, 1.807) is 177 Å². The van der Waals surface area contributed by atoms with E-state index in [1.165, 1.54) is 19.2 Å². The molecule has 8 amide bonds. The molecule has 2 saturated heterocycles. The fourth-order valence-corrected chi connectivity index (χ4v) is 12.7. The predicted octanol–water partition coefficient (Wildman–Crippen LogP) is 2.33. The van der Waals surface area contributed by atoms with Crippen LogP contribution in [-0.2, 0) is 86.8 Å². The first-order valence-corrected chi connectivity index (χ1v) is 35.9. The molecule has 32 heteroatoms. The number of nitrogens with one attached hydrogen (secondary N) is 8. The van der Waals surface area contributed by atoms with E-state index in [0.717, 1.165) is 0 Å². The summed E-state index contributed by atoms with van der Waals surface area (Å²) >= 11 is 0. The van der Waals surface area contributed by atoms with Crippen LogP contribution in [0.2, 0.25) is 0 Å². The molecule has 2 fully saturated rings. The molecule has 12 rings (SSSR count). The first kappa shape index (κ1) is 80.6. The lowest BCUT2D eigenvalue weighted by Crippen LogP contribution is -2.59. The largest absolute Gasteiger partial charge is 0.490 e. The lowest BCUT2D eigenvalue weighted by Gasteiger charge is -2.32. The van der Waals surface area contributed by atoms with E-state index in [-0.39, 0.29) is 78.0 Å². The van der Waals surface area contributed by atoms with Crippen molar-refractivity contribution in [1.29, 1.82) is 0 Å². The molecule has 10 N–H and O–H groups in total. The number of carbonyl (C=O) groups excluding carboxylic acids is 8. The molecule has 12 atom stereocenters. The van der Waals surface area contributed by atoms with Crippen molar-refractivity contribution in [2.75, 3.05) is 40.4 Å². The first-order chi connectivity index (χ1) is 51.7. The fourth-order valence-electron chi connectivity index (χ4n) is 12.7. The van der Waals surface area contributed by atoms with Crippen LogP contribution in [0.5, 0.6) is 23.0 Å². The molecule has 0 saturated carbocycles. The van der Waals surface area contributed by atoms with Crippen LogP contribution in [-0.4, -0.2) is 210 Å². The summed E-state index contributed by atoms with van der Waals surface area (Å²) in [5.41, 5.74) is 2.73. The number of ether oxygens (including phenoxy) is 4. The number of amides is 8. The number of carboxylic acid groups (broad SMARTS) is 2. The number of rotatable bonds is 22. The monoisotopic (exact) mass is 1490 g/mol. The zero-order chi connectivity index (χ0) is 77.9. The molecule has 0 aliphatic carbocycles. The summed E-state index contributed by atoms with van der Waals surface area (Å²) in [6.45, 7) is 17.6. The van der Waals surface area contributed by atoms with E-state index in [0.29, 0.717) is 56.6 Å². The average Bonchev–Trinajstić information content (AvgIpc) is 1.64. The first-order valence-electron chi connectivity index (χ1n) is 35.9. The van der Waals surface area contributed by atoms with Gasteiger partial charge in [-0.1, -0.05) is 112 Å². The Kier molecular flexibility index (Phi) is 28.1. The van der Waals surface area contributed by atoms with E-state index in [2.05, 4.69) is 76.3 Å². The topological polar surface area (TPSA) is 412 Å². The summed E-state index contributed by atoms with van der Waals surface area (Å²) in [7, 11) is 3.20. The number of hydrogen-bond acceptors (Lipinski definition) is 20. The number of hydrogen-bond donors (Lipinski definition) is 10. The van der Waals surface area contributed by atoms with Crippen molar-refractivity contribution in [2.45, 2.75) is 166 Å². The van der Waals surface area contributed by atoms with Crippen LogP contribution in [0.3, 0.4) is 0 Å². The van der Waals surface area contributed by atoms with Gasteiger partial charge in [-0.05, 0) is 111 Å². The summed E-state index contributed by atoms with van der Waals surface area (Å²) in [6, 6.07) is 12.9. The minimum Gasteiger partial charge on any atom is -0.490 e. The van der Waals surface area contributed by atoms with Gasteiger partial charge in [-0.15, -0.1) is 10.2 Å². The van der Waals surface area contributed by atoms with E-state index >= 15 is 9.59 Å². The molecule has 0 spiro atoms. The second kappa shape index (κ2) is 37.6. The number of aromatic nitrogens is 6. The van der Waals surface area contributed by atoms with Crippen molar-refractivity contribution in [3.63, 3.8) is 0 Å². The van der Waals surface area contributed by atoms with Gasteiger partial charge in [0.1, 0.15) is 109 Å². The molecule has 32 nitrogen and oxygen atoms in total. The zero-order valence-electron chi connectivity index (χ0n) is 61.7. The van der Waals surface area contributed by atoms with Crippen LogP contribution in [0, 0.1) is 11.8 Å². The van der Waals surface area contributed by atoms with E-state index in [4.69, 9.17) is 18.9 Å². The Morgan fingerprint density at radius 1 is 0.537 bits per heavy atom. The van der Waals surface area contributed by atoms with Gasteiger partial charge in [0, 0.05) is 51.6 Å². The lowest BCUT2D eigenvalue weighted by atomic mass is 10.0. The van der Waals surface area contributed by atoms with E-state index < -0.39 is 144 Å². The molecule has 6 aromatic rings. The Labute approximate surface area is 625 Å². The quantitative estimate of drug-likeness (QED) is 0.0436. The molecular formula is C76H96N16O16. The SMILES string of the molecule is C=CCOc1ccc(CC2NC(=O)C3CC(CN3C(=O)C(NC(=O)C(C)NC)C(C)C)n3cc(nn3)COc3ccc(cc3)CC(C(=O)O)NC(=O)C(Cc3ccc(OCC=C)cc3)NC(=O)C3CC(CN3C(=O)C(NC(=O)C(C)NC)C(C)C)n3cc(nn3)COc3ccc(cc3)CC(C(=O)O)NC2=O)cc1. The van der Waals surface area contributed by atoms with Crippen LogP contribution in [0.15, 0.2) is 135 Å². The van der Waals surface area contributed by atoms with Gasteiger partial charge in [0.15, 0.2) is 0 Å². The van der Waals surface area contributed by atoms with Gasteiger partial charge in [0.25, 0.3) is 0 Å². The molecule has 6 aliphatic heterocycles. The van der Waals surface area contributed by atoms with Gasteiger partial charge in [-0.2, -0.15) is 0 Å². The highest BCUT2D eigenvalue weighted by Crippen LogP contribution is 2.32. The fraction of sp³-hybridized carbons (Fsp3) is 0.447. The number of aliphatic carboxylic acids is 2. The summed E-state index contributed by atoms with van der Waals surface area (Å²) in [4.78, 5) is 145. The normalized spacial score (nSPS) is 21.4. The molecular weight excluding hydrogens is 1390 g/mol. The molecule has 108 heavy (non-hydrogen) atoms. The van der Waals surface area contributed by atoms with Gasteiger partial charge in [-0.3, -0.25) is 38.4 Å². The summed E-state index contributed by atoms with van der Waals surface area (Å²) < 4.78 is 26.6. The highest BCUT2D eigenvalue weighted by atomic mass is 16.5. The Morgan fingerprint density at radius 2 is 0.898 bits per heavy atom. The van der Waals surface area contributed by atoms with Crippen molar-refractivity contribution in [3.8, 4) is 23.0 Å². The van der Waals surface area contributed by atoms with Crippen molar-refractivity contribution >= 4 is 59.2 Å². The lowest BCUT2D eigenvalue weighted by molar-refractivity contribution is -0.144. The minimum atomic E-state index is -1.53. The molecule has 12 unspecified atom stereocenters. The van der Waals surface area contributed by atoms with Gasteiger partial charge in [-0.25, -0.2) is 19.0 Å². The van der Waals surface area contributed by atoms with Crippen LogP contribution in [0.4, 0.5) is 0 Å². The number of likely N-dealkylation sites (N-methyl/N-ethyl adjacent to an activating group) is 2. The molecule has 576 valence electrons. The standard InChI is InChI=1S/C76H96N16O16/c1-11-29-105-55-21-13-47(14-22-55)31-59-69(95)81-61(75(101)102)33-49-17-25-57(26-18-49)107-42-52-38-92(88-86-52)54-36-64(90(40-54)74(100)66(44(5)6)84-68(94)46(8)78-10)72(98)80-60(32-48-15-23-56(24-16-48)106-30-12-2)70(96)82-62(76(103)104)34-50-19-27-58(28-20-50)108-41-51-37-91(87-85-51)53-35-63(71(97)79-59)89(39-53)73(99)65(43(3)4)83-67(93)45(7)77-9/h11-28,37-38,43-46,53-54,59-66,77-78H,1-2,29-36,39-42H2,3-10H3,(H,79,97)(H,80,98)(H,81,95)(H,82,96)(H,83,93)(H,84,94)(H,101,102)(H,103,104). The molecule has 12 bridgehead atoms. The average molecular weight is 1490 g/mol. The van der Waals surface area contributed by atoms with Crippen LogP contribution in [0.25, 0.3) is 0 Å². The van der Waals surface area contributed by atoms with E-state index in [9.17, 15) is 48.6 Å². The van der Waals surface area contributed by atoms with Crippen LogP contribution < -0.4 is 61.5 Å². The Bertz CT molecular complexity index is 3890. The smallest absolute Gasteiger partial charge is 0.326 e. The highest BCUT2D eigenvalue weighted by molar-refractivity contribution is 5.98. The van der Waals surface area contributed by atoms with Crippen molar-refractivity contribution in [1.82, 2.24) is 82.3 Å². The minimum absolute atomic E-state index is 0.0515. The number of carboxylic acids is 2. The highest BCUT2D eigenvalue weighted by Gasteiger charge is 2.47. The molecule has 0 radical (unpaired) electrons. The molecule has 2 aromatic heterocycles. The maximum absolute atomic E-state index is 15.1. The van der Waals surface area contributed by atoms with Gasteiger partial charge in [0.2, 0.25) is 47.3 Å². The third kappa shape index (κ3) is 21.4. The van der Waals surface area contributed by atoms with Crippen LogP contribution in [0.1, 0.15) is 100 Å². The summed E-state index contributed by atoms with van der Waals surface area (Å²) in [5.74, 6) is -7.35. The maximum Gasteiger partial charge on any atom is 0.326 e. The predicted molar refractivity (Wildman–Crippen MR) is 393 cm³/mol. The second-order valence-electron chi connectivity index (χ2n) is 27.7. The van der Waals surface area contributed by atoms with Crippen LogP contribution >= 0.6 is 0 Å². The third-order valence-electron chi connectivity index (χ3n) is 19.2. The summed E-state index contributed by atoms with van der Waals surface area (Å²) in [6.07, 6.45) is 5.51. The van der Waals surface area contributed by atoms with Crippen molar-refractivity contribution < 1.29 is 77.1 Å². The molecule has 6 aliphatic rings. The number of benzene rings is 4. The third-order valence-corrected chi connectivity index (χ3v) is 19.2.